The van der Waals surface area contributed by atoms with E-state index in [1.807, 2.05) is 6.92 Å². The van der Waals surface area contributed by atoms with E-state index in [1.165, 1.54) is 7.11 Å². The maximum Gasteiger partial charge on any atom is 0.342 e. The van der Waals surface area contributed by atoms with Gasteiger partial charge in [-0.2, -0.15) is 0 Å². The van der Waals surface area contributed by atoms with Gasteiger partial charge in [0.05, 0.1) is 7.11 Å². The van der Waals surface area contributed by atoms with E-state index >= 15 is 0 Å². The van der Waals surface area contributed by atoms with Crippen LogP contribution >= 0.6 is 15.9 Å². The summed E-state index contributed by atoms with van der Waals surface area (Å²) in [4.78, 5) is 11.3. The Morgan fingerprint density at radius 2 is 2.20 bits per heavy atom. The van der Waals surface area contributed by atoms with Crippen molar-refractivity contribution < 1.29 is 19.4 Å². The maximum atomic E-state index is 11.3. The second-order valence-corrected chi connectivity index (χ2v) is 4.04. The summed E-state index contributed by atoms with van der Waals surface area (Å²) in [7, 11) is 1.51. The van der Waals surface area contributed by atoms with Crippen LogP contribution in [0.5, 0.6) is 11.5 Å². The highest BCUT2D eigenvalue weighted by molar-refractivity contribution is 9.10. The van der Waals surface area contributed by atoms with Gasteiger partial charge in [-0.15, -0.1) is 0 Å². The second kappa shape index (κ2) is 3.41. The number of phenolic OH excluding ortho intramolecular Hbond substituents is 1. The fourth-order valence-corrected chi connectivity index (χ4v) is 2.36. The Morgan fingerprint density at radius 3 is 2.80 bits per heavy atom. The van der Waals surface area contributed by atoms with E-state index in [1.54, 1.807) is 0 Å². The molecule has 0 atom stereocenters. The molecule has 1 heterocycles. The van der Waals surface area contributed by atoms with Crippen molar-refractivity contribution in [2.45, 2.75) is 13.5 Å². The van der Waals surface area contributed by atoms with Gasteiger partial charge in [-0.25, -0.2) is 4.79 Å². The molecule has 0 aromatic heterocycles. The molecule has 1 aliphatic rings. The number of benzene rings is 1. The number of carbonyl (C=O) groups excluding carboxylic acids is 1. The van der Waals surface area contributed by atoms with Gasteiger partial charge in [0.15, 0.2) is 0 Å². The predicted molar refractivity (Wildman–Crippen MR) is 56.2 cm³/mol. The lowest BCUT2D eigenvalue weighted by Crippen LogP contribution is -1.99. The maximum absolute atomic E-state index is 11.3. The molecule has 0 radical (unpaired) electrons. The number of halogens is 1. The van der Waals surface area contributed by atoms with Crippen LogP contribution in [0.1, 0.15) is 21.5 Å². The number of carbonyl (C=O) groups is 1. The van der Waals surface area contributed by atoms with Crippen LogP contribution in [0.3, 0.4) is 0 Å². The van der Waals surface area contributed by atoms with Gasteiger partial charge in [-0.05, 0) is 28.4 Å². The molecule has 15 heavy (non-hydrogen) atoms. The molecule has 0 unspecified atom stereocenters. The summed E-state index contributed by atoms with van der Waals surface area (Å²) in [5.41, 5.74) is 1.74. The first kappa shape index (κ1) is 10.3. The third-order valence-electron chi connectivity index (χ3n) is 2.49. The van der Waals surface area contributed by atoms with Crippen LogP contribution in [0.15, 0.2) is 4.47 Å². The average Bonchev–Trinajstić information content (AvgIpc) is 2.58. The van der Waals surface area contributed by atoms with Gasteiger partial charge in [0.1, 0.15) is 28.1 Å². The Kier molecular flexibility index (Phi) is 2.34. The van der Waals surface area contributed by atoms with Gasteiger partial charge in [-0.3, -0.25) is 0 Å². The van der Waals surface area contributed by atoms with Crippen molar-refractivity contribution in [1.29, 1.82) is 0 Å². The number of fused-ring (bicyclic) bond motifs is 1. The monoisotopic (exact) mass is 272 g/mol. The summed E-state index contributed by atoms with van der Waals surface area (Å²) >= 11 is 3.19. The number of hydrogen-bond donors (Lipinski definition) is 1. The van der Waals surface area contributed by atoms with Crippen LogP contribution in [0.4, 0.5) is 0 Å². The van der Waals surface area contributed by atoms with Crippen LogP contribution in [-0.2, 0) is 11.3 Å². The van der Waals surface area contributed by atoms with Gasteiger partial charge in [0.2, 0.25) is 0 Å². The van der Waals surface area contributed by atoms with Crippen LogP contribution in [0.25, 0.3) is 0 Å². The largest absolute Gasteiger partial charge is 0.506 e. The Labute approximate surface area is 94.9 Å². The van der Waals surface area contributed by atoms with Crippen molar-refractivity contribution in [1.82, 2.24) is 0 Å². The van der Waals surface area contributed by atoms with Crippen LogP contribution in [0, 0.1) is 6.92 Å². The summed E-state index contributed by atoms with van der Waals surface area (Å²) in [6, 6.07) is 0. The molecule has 0 saturated heterocycles. The zero-order valence-corrected chi connectivity index (χ0v) is 9.84. The van der Waals surface area contributed by atoms with E-state index in [0.717, 1.165) is 5.56 Å². The third kappa shape index (κ3) is 1.30. The molecular formula is C10H9BrO4. The molecule has 0 bridgehead atoms. The lowest BCUT2D eigenvalue weighted by atomic mass is 10.0. The number of phenols is 1. The zero-order chi connectivity index (χ0) is 11.2. The third-order valence-corrected chi connectivity index (χ3v) is 3.23. The lowest BCUT2D eigenvalue weighted by molar-refractivity contribution is 0.0533. The van der Waals surface area contributed by atoms with E-state index in [4.69, 9.17) is 9.47 Å². The van der Waals surface area contributed by atoms with Crippen molar-refractivity contribution in [3.63, 3.8) is 0 Å². The van der Waals surface area contributed by atoms with Gasteiger partial charge >= 0.3 is 5.97 Å². The molecule has 1 aromatic carbocycles. The van der Waals surface area contributed by atoms with Gasteiger partial charge in [0.25, 0.3) is 0 Å². The fourth-order valence-electron chi connectivity index (χ4n) is 1.70. The van der Waals surface area contributed by atoms with E-state index < -0.39 is 5.97 Å². The minimum atomic E-state index is -0.492. The molecule has 0 aliphatic carbocycles. The molecule has 0 saturated carbocycles. The quantitative estimate of drug-likeness (QED) is 0.796. The van der Waals surface area contributed by atoms with E-state index in [-0.39, 0.29) is 17.9 Å². The summed E-state index contributed by atoms with van der Waals surface area (Å²) in [6.07, 6.45) is 0. The molecule has 80 valence electrons. The molecule has 1 aromatic rings. The number of aromatic hydroxyl groups is 1. The number of hydrogen-bond acceptors (Lipinski definition) is 4. The van der Waals surface area contributed by atoms with Crippen LogP contribution in [0.2, 0.25) is 0 Å². The molecular weight excluding hydrogens is 264 g/mol. The molecule has 1 N–H and O–H groups in total. The van der Waals surface area contributed by atoms with Gasteiger partial charge < -0.3 is 14.6 Å². The number of rotatable bonds is 1. The summed E-state index contributed by atoms with van der Waals surface area (Å²) < 4.78 is 10.4. The predicted octanol–water partition coefficient (Wildman–Crippen LogP) is 2.14. The standard InChI is InChI=1S/C10H9BrO4/c1-4-5-3-15-10(13)6(5)8(12)7(11)9(4)14-2/h12H,3H2,1-2H3. The Morgan fingerprint density at radius 1 is 1.53 bits per heavy atom. The van der Waals surface area contributed by atoms with Gasteiger partial charge in [0, 0.05) is 5.56 Å². The molecule has 0 amide bonds. The average molecular weight is 273 g/mol. The van der Waals surface area contributed by atoms with Crippen molar-refractivity contribution >= 4 is 21.9 Å². The smallest absolute Gasteiger partial charge is 0.342 e. The summed E-state index contributed by atoms with van der Waals surface area (Å²) in [5.74, 6) is -0.0755. The highest BCUT2D eigenvalue weighted by Gasteiger charge is 2.31. The van der Waals surface area contributed by atoms with Crippen molar-refractivity contribution in [2.24, 2.45) is 0 Å². The van der Waals surface area contributed by atoms with Crippen molar-refractivity contribution in [3.8, 4) is 11.5 Å². The molecule has 4 nitrogen and oxygen atoms in total. The minimum Gasteiger partial charge on any atom is -0.506 e. The molecule has 5 heteroatoms. The molecule has 1 aliphatic heterocycles. The first-order chi connectivity index (χ1) is 7.07. The zero-order valence-electron chi connectivity index (χ0n) is 8.26. The van der Waals surface area contributed by atoms with E-state index in [0.29, 0.717) is 15.8 Å². The number of ether oxygens (including phenoxy) is 2. The Balaban J connectivity index is 2.80. The Hall–Kier alpha value is -1.23. The normalized spacial score (nSPS) is 13.7. The topological polar surface area (TPSA) is 55.8 Å². The molecule has 0 fully saturated rings. The number of methoxy groups -OCH3 is 1. The van der Waals surface area contributed by atoms with Crippen molar-refractivity contribution in [3.05, 3.63) is 21.2 Å². The summed E-state index contributed by atoms with van der Waals surface area (Å²) in [6.45, 7) is 2.01. The number of cyclic esters (lactones) is 1. The van der Waals surface area contributed by atoms with Gasteiger partial charge in [-0.1, -0.05) is 0 Å². The first-order valence-corrected chi connectivity index (χ1v) is 5.12. The highest BCUT2D eigenvalue weighted by atomic mass is 79.9. The Bertz CT molecular complexity index is 453. The molecule has 0 spiro atoms. The highest BCUT2D eigenvalue weighted by Crippen LogP contribution is 2.44. The van der Waals surface area contributed by atoms with E-state index in [2.05, 4.69) is 15.9 Å². The van der Waals surface area contributed by atoms with E-state index in [9.17, 15) is 9.90 Å². The van der Waals surface area contributed by atoms with Crippen LogP contribution in [-0.4, -0.2) is 18.2 Å². The minimum absolute atomic E-state index is 0.116. The summed E-state index contributed by atoms with van der Waals surface area (Å²) in [5, 5.41) is 9.80. The van der Waals surface area contributed by atoms with Crippen LogP contribution < -0.4 is 4.74 Å². The molecule has 2 rings (SSSR count). The SMILES string of the molecule is COc1c(C)c2c(c(O)c1Br)C(=O)OC2. The number of esters is 1. The van der Waals surface area contributed by atoms with Crippen molar-refractivity contribution in [2.75, 3.05) is 7.11 Å². The first-order valence-electron chi connectivity index (χ1n) is 4.33. The lowest BCUT2D eigenvalue weighted by Gasteiger charge is -2.12. The fraction of sp³-hybridized carbons (Fsp3) is 0.300. The second-order valence-electron chi connectivity index (χ2n) is 3.25.